The molecule has 1 aromatic rings. The van der Waals surface area contributed by atoms with Gasteiger partial charge in [-0.3, -0.25) is 28.9 Å². The second-order valence-electron chi connectivity index (χ2n) is 9.00. The number of rotatable bonds is 6. The van der Waals surface area contributed by atoms with Crippen LogP contribution in [0.15, 0.2) is 36.4 Å². The van der Waals surface area contributed by atoms with Gasteiger partial charge < -0.3 is 9.64 Å². The van der Waals surface area contributed by atoms with E-state index in [0.717, 1.165) is 17.7 Å². The first-order valence-corrected chi connectivity index (χ1v) is 11.9. The van der Waals surface area contributed by atoms with Gasteiger partial charge in [-0.15, -0.1) is 0 Å². The lowest BCUT2D eigenvalue weighted by Crippen LogP contribution is -2.55. The minimum Gasteiger partial charge on any atom is -0.454 e. The molecular weight excluding hydrogens is 460 g/mol. The number of carbonyl (C=O) groups excluding carboxylic acids is 5. The molecule has 34 heavy (non-hydrogen) atoms. The maximum atomic E-state index is 13.1. The van der Waals surface area contributed by atoms with Crippen LogP contribution < -0.4 is 0 Å². The molecule has 1 aliphatic heterocycles. The summed E-state index contributed by atoms with van der Waals surface area (Å²) in [5.74, 6) is -3.18. The topological polar surface area (TPSA) is 101 Å². The van der Waals surface area contributed by atoms with E-state index in [1.165, 1.54) is 11.9 Å². The first kappa shape index (κ1) is 24.1. The van der Waals surface area contributed by atoms with Gasteiger partial charge in [0.2, 0.25) is 11.8 Å². The summed E-state index contributed by atoms with van der Waals surface area (Å²) in [6, 6.07) is 6.93. The number of amides is 3. The van der Waals surface area contributed by atoms with E-state index < -0.39 is 42.4 Å². The number of ketones is 1. The lowest BCUT2D eigenvalue weighted by molar-refractivity contribution is -0.160. The van der Waals surface area contributed by atoms with Gasteiger partial charge >= 0.3 is 5.97 Å². The van der Waals surface area contributed by atoms with Crippen molar-refractivity contribution >= 4 is 41.1 Å². The summed E-state index contributed by atoms with van der Waals surface area (Å²) in [5.41, 5.74) is -0.683. The summed E-state index contributed by atoms with van der Waals surface area (Å²) < 4.78 is 5.14. The van der Waals surface area contributed by atoms with Gasteiger partial charge in [0.05, 0.1) is 11.8 Å². The second-order valence-corrected chi connectivity index (χ2v) is 9.41. The molecule has 1 saturated carbocycles. The highest BCUT2D eigenvalue weighted by molar-refractivity contribution is 6.31. The molecule has 1 heterocycles. The number of hydrogen-bond donors (Lipinski definition) is 0. The summed E-state index contributed by atoms with van der Waals surface area (Å²) in [6.07, 6.45) is 6.89. The minimum absolute atomic E-state index is 0.112. The highest BCUT2D eigenvalue weighted by Gasteiger charge is 2.49. The minimum atomic E-state index is -1.23. The molecule has 1 saturated heterocycles. The molecule has 0 N–H and O–H groups in total. The van der Waals surface area contributed by atoms with E-state index in [4.69, 9.17) is 16.3 Å². The highest BCUT2D eigenvalue weighted by Crippen LogP contribution is 2.42. The Morgan fingerprint density at radius 2 is 1.74 bits per heavy atom. The van der Waals surface area contributed by atoms with Crippen molar-refractivity contribution in [1.29, 1.82) is 0 Å². The Labute approximate surface area is 202 Å². The second kappa shape index (κ2) is 9.70. The fourth-order valence-electron chi connectivity index (χ4n) is 5.28. The molecule has 0 bridgehead atoms. The maximum absolute atomic E-state index is 13.1. The number of nitrogens with zero attached hydrogens (tertiary/aromatic N) is 2. The SMILES string of the molecule is CN(C(=O)COC(=O)CN1C(=O)[C@H]2CC=CC[C@H]2C1=O)[C@]1(c2ccccc2Cl)CCCCC1=O. The Morgan fingerprint density at radius 1 is 1.09 bits per heavy atom. The zero-order valence-corrected chi connectivity index (χ0v) is 19.8. The molecule has 0 spiro atoms. The van der Waals surface area contributed by atoms with Crippen LogP contribution in [0.1, 0.15) is 44.1 Å². The summed E-state index contributed by atoms with van der Waals surface area (Å²) >= 11 is 6.41. The monoisotopic (exact) mass is 486 g/mol. The number of likely N-dealkylation sites (N-methyl/N-ethyl adjacent to an activating group) is 1. The summed E-state index contributed by atoms with van der Waals surface area (Å²) in [4.78, 5) is 65.9. The van der Waals surface area contributed by atoms with E-state index in [1.807, 2.05) is 12.2 Å². The number of halogens is 1. The molecule has 0 aromatic heterocycles. The normalized spacial score (nSPS) is 26.4. The average Bonchev–Trinajstić information content (AvgIpc) is 3.08. The number of esters is 1. The molecule has 4 rings (SSSR count). The number of benzene rings is 1. The van der Waals surface area contributed by atoms with Crippen LogP contribution in [0.25, 0.3) is 0 Å². The molecule has 180 valence electrons. The van der Waals surface area contributed by atoms with Crippen LogP contribution in [0.5, 0.6) is 0 Å². The van der Waals surface area contributed by atoms with Crippen molar-refractivity contribution in [3.05, 3.63) is 47.0 Å². The van der Waals surface area contributed by atoms with E-state index in [9.17, 15) is 24.0 Å². The molecule has 3 atom stereocenters. The number of Topliss-reactive ketones (excluding diaryl/α,β-unsaturated/α-hetero) is 1. The van der Waals surface area contributed by atoms with Gasteiger partial charge in [-0.1, -0.05) is 42.0 Å². The predicted octanol–water partition coefficient (Wildman–Crippen LogP) is 2.63. The molecule has 1 aromatic carbocycles. The first-order chi connectivity index (χ1) is 16.3. The zero-order chi connectivity index (χ0) is 24.5. The maximum Gasteiger partial charge on any atom is 0.326 e. The van der Waals surface area contributed by atoms with E-state index >= 15 is 0 Å². The number of likely N-dealkylation sites (tertiary alicyclic amines) is 1. The van der Waals surface area contributed by atoms with Gasteiger partial charge in [-0.2, -0.15) is 0 Å². The highest BCUT2D eigenvalue weighted by atomic mass is 35.5. The number of ether oxygens (including phenoxy) is 1. The van der Waals surface area contributed by atoms with Crippen LogP contribution in [0, 0.1) is 11.8 Å². The third-order valence-corrected chi connectivity index (χ3v) is 7.49. The molecule has 2 fully saturated rings. The lowest BCUT2D eigenvalue weighted by atomic mass is 9.74. The average molecular weight is 487 g/mol. The van der Waals surface area contributed by atoms with Crippen molar-refractivity contribution in [2.75, 3.05) is 20.2 Å². The van der Waals surface area contributed by atoms with Crippen LogP contribution in [0.2, 0.25) is 5.02 Å². The van der Waals surface area contributed by atoms with Crippen LogP contribution in [-0.4, -0.2) is 59.5 Å². The number of hydrogen-bond acceptors (Lipinski definition) is 6. The van der Waals surface area contributed by atoms with Crippen molar-refractivity contribution in [3.8, 4) is 0 Å². The number of carbonyl (C=O) groups is 5. The summed E-state index contributed by atoms with van der Waals surface area (Å²) in [7, 11) is 1.51. The molecular formula is C25H27ClN2O6. The quantitative estimate of drug-likeness (QED) is 0.348. The van der Waals surface area contributed by atoms with Crippen molar-refractivity contribution in [3.63, 3.8) is 0 Å². The van der Waals surface area contributed by atoms with E-state index in [1.54, 1.807) is 24.3 Å². The standard InChI is InChI=1S/C25H27ClN2O6/c1-27(25(13-7-6-12-20(25)29)18-10-4-5-11-19(18)26)21(30)15-34-22(31)14-28-23(32)16-8-2-3-9-17(16)24(28)33/h2-5,10-11,16-17H,6-9,12-15H2,1H3/t16-,17+,25-/m0/s1. The van der Waals surface area contributed by atoms with E-state index in [-0.39, 0.29) is 17.6 Å². The van der Waals surface area contributed by atoms with Gasteiger partial charge in [0.25, 0.3) is 5.91 Å². The summed E-state index contributed by atoms with van der Waals surface area (Å²) in [6.45, 7) is -1.14. The Morgan fingerprint density at radius 3 is 2.35 bits per heavy atom. The van der Waals surface area contributed by atoms with Crippen LogP contribution >= 0.6 is 11.6 Å². The molecule has 2 aliphatic carbocycles. The Hall–Kier alpha value is -3.00. The predicted molar refractivity (Wildman–Crippen MR) is 122 cm³/mol. The number of allylic oxidation sites excluding steroid dienone is 2. The molecule has 0 unspecified atom stereocenters. The van der Waals surface area contributed by atoms with E-state index in [2.05, 4.69) is 0 Å². The zero-order valence-electron chi connectivity index (χ0n) is 19.0. The molecule has 3 amide bonds. The van der Waals surface area contributed by atoms with Crippen LogP contribution in [0.4, 0.5) is 0 Å². The van der Waals surface area contributed by atoms with Gasteiger partial charge in [-0.05, 0) is 38.2 Å². The lowest BCUT2D eigenvalue weighted by Gasteiger charge is -2.43. The fraction of sp³-hybridized carbons (Fsp3) is 0.480. The first-order valence-electron chi connectivity index (χ1n) is 11.5. The largest absolute Gasteiger partial charge is 0.454 e. The summed E-state index contributed by atoms with van der Waals surface area (Å²) in [5, 5.41) is 0.386. The third-order valence-electron chi connectivity index (χ3n) is 7.16. The van der Waals surface area contributed by atoms with Crippen molar-refractivity contribution in [1.82, 2.24) is 9.80 Å². The Balaban J connectivity index is 1.43. The van der Waals surface area contributed by atoms with Gasteiger partial charge in [0.1, 0.15) is 12.1 Å². The van der Waals surface area contributed by atoms with Crippen LogP contribution in [0.3, 0.4) is 0 Å². The molecule has 3 aliphatic rings. The number of fused-ring (bicyclic) bond motifs is 1. The van der Waals surface area contributed by atoms with Crippen molar-refractivity contribution in [2.24, 2.45) is 11.8 Å². The number of imide groups is 1. The fourth-order valence-corrected chi connectivity index (χ4v) is 5.57. The molecule has 8 nitrogen and oxygen atoms in total. The van der Waals surface area contributed by atoms with Crippen LogP contribution in [-0.2, 0) is 34.2 Å². The van der Waals surface area contributed by atoms with Crippen molar-refractivity contribution < 1.29 is 28.7 Å². The Bertz CT molecular complexity index is 1040. The van der Waals surface area contributed by atoms with Crippen molar-refractivity contribution in [2.45, 2.75) is 44.1 Å². The molecule has 0 radical (unpaired) electrons. The van der Waals surface area contributed by atoms with Gasteiger partial charge in [0.15, 0.2) is 12.4 Å². The van der Waals surface area contributed by atoms with E-state index in [0.29, 0.717) is 36.3 Å². The van der Waals surface area contributed by atoms with Gasteiger partial charge in [0, 0.05) is 24.1 Å². The Kier molecular flexibility index (Phi) is 6.89. The smallest absolute Gasteiger partial charge is 0.326 e. The third kappa shape index (κ3) is 4.15. The molecule has 9 heteroatoms. The van der Waals surface area contributed by atoms with Gasteiger partial charge in [-0.25, -0.2) is 0 Å².